The van der Waals surface area contributed by atoms with Gasteiger partial charge in [-0.2, -0.15) is 0 Å². The molecule has 126 valence electrons. The summed E-state index contributed by atoms with van der Waals surface area (Å²) in [6.07, 6.45) is 4.77. The molecule has 0 saturated heterocycles. The Bertz CT molecular complexity index is 451. The number of aliphatic hydroxyl groups excluding tert-OH is 2. The molecule has 0 fully saturated rings. The van der Waals surface area contributed by atoms with Crippen molar-refractivity contribution < 1.29 is 15.0 Å². The van der Waals surface area contributed by atoms with Gasteiger partial charge in [0.05, 0.1) is 17.1 Å². The number of allylic oxidation sites excluding steroid dienone is 1. The van der Waals surface area contributed by atoms with Crippen LogP contribution in [0.15, 0.2) is 21.9 Å². The van der Waals surface area contributed by atoms with Gasteiger partial charge in [0.2, 0.25) is 0 Å². The van der Waals surface area contributed by atoms with Crippen LogP contribution < -0.4 is 0 Å². The van der Waals surface area contributed by atoms with Crippen LogP contribution in [0.1, 0.15) is 59.8 Å². The van der Waals surface area contributed by atoms with Gasteiger partial charge in [-0.05, 0) is 37.2 Å². The maximum Gasteiger partial charge on any atom is 0.135 e. The average molecular weight is 329 g/mol. The van der Waals surface area contributed by atoms with E-state index in [9.17, 15) is 15.0 Å². The van der Waals surface area contributed by atoms with Crippen LogP contribution in [0.5, 0.6) is 0 Å². The van der Waals surface area contributed by atoms with E-state index in [-0.39, 0.29) is 10.8 Å². The minimum atomic E-state index is -0.956. The third-order valence-electron chi connectivity index (χ3n) is 4.59. The molecule has 3 unspecified atom stereocenters. The van der Waals surface area contributed by atoms with Crippen LogP contribution in [-0.4, -0.2) is 22.6 Å². The summed E-state index contributed by atoms with van der Waals surface area (Å²) in [5.74, 6) is 0.555. The van der Waals surface area contributed by atoms with Crippen LogP contribution in [0.2, 0.25) is 0 Å². The number of carbonyl (C=O) groups excluding carboxylic acids is 1. The first-order valence-corrected chi connectivity index (χ1v) is 8.59. The van der Waals surface area contributed by atoms with E-state index >= 15 is 0 Å². The molecular formula is C18H29ClO3. The molecule has 1 aliphatic carbocycles. The molecule has 0 amide bonds. The maximum atomic E-state index is 11.2. The van der Waals surface area contributed by atoms with Crippen molar-refractivity contribution in [2.24, 2.45) is 17.8 Å². The second kappa shape index (κ2) is 8.73. The Kier molecular flexibility index (Phi) is 7.64. The van der Waals surface area contributed by atoms with E-state index in [2.05, 4.69) is 20.8 Å². The van der Waals surface area contributed by atoms with E-state index in [1.807, 2.05) is 0 Å². The van der Waals surface area contributed by atoms with Gasteiger partial charge in [0.1, 0.15) is 12.0 Å². The van der Waals surface area contributed by atoms with Crippen LogP contribution in [0, 0.1) is 17.8 Å². The fourth-order valence-electron chi connectivity index (χ4n) is 2.93. The summed E-state index contributed by atoms with van der Waals surface area (Å²) in [5, 5.41) is 20.7. The maximum absolute atomic E-state index is 11.2. The second-order valence-corrected chi connectivity index (χ2v) is 7.32. The molecule has 0 spiro atoms. The monoisotopic (exact) mass is 328 g/mol. The van der Waals surface area contributed by atoms with Gasteiger partial charge in [-0.1, -0.05) is 51.6 Å². The third kappa shape index (κ3) is 4.85. The number of aldehydes is 1. The Morgan fingerprint density at radius 1 is 1.23 bits per heavy atom. The van der Waals surface area contributed by atoms with Gasteiger partial charge in [0.15, 0.2) is 0 Å². The Morgan fingerprint density at radius 3 is 2.41 bits per heavy atom. The van der Waals surface area contributed by atoms with Gasteiger partial charge in [-0.3, -0.25) is 0 Å². The topological polar surface area (TPSA) is 57.5 Å². The second-order valence-electron chi connectivity index (χ2n) is 6.95. The van der Waals surface area contributed by atoms with Gasteiger partial charge in [0.25, 0.3) is 0 Å². The average Bonchev–Trinajstić information content (AvgIpc) is 2.45. The molecule has 0 aromatic rings. The van der Waals surface area contributed by atoms with Gasteiger partial charge in [-0.15, -0.1) is 0 Å². The van der Waals surface area contributed by atoms with Gasteiger partial charge in [0, 0.05) is 5.57 Å². The predicted octanol–water partition coefficient (Wildman–Crippen LogP) is 4.74. The summed E-state index contributed by atoms with van der Waals surface area (Å²) in [6, 6.07) is 0. The quantitative estimate of drug-likeness (QED) is 0.632. The molecule has 0 saturated carbocycles. The van der Waals surface area contributed by atoms with Crippen molar-refractivity contribution in [3.05, 3.63) is 21.9 Å². The summed E-state index contributed by atoms with van der Waals surface area (Å²) in [6.45, 7) is 8.31. The fraction of sp³-hybridized carbons (Fsp3) is 0.722. The highest BCUT2D eigenvalue weighted by Gasteiger charge is 2.33. The lowest BCUT2D eigenvalue weighted by molar-refractivity contribution is -0.112. The molecule has 22 heavy (non-hydrogen) atoms. The number of hydrogen-bond donors (Lipinski definition) is 2. The standard InChI is InChI=1S/C18H29ClO3/c1-11(2)6-5-7-12(3)8-9-14-17(21)15(10-20)13(4)16(19)18(14)22/h10-12,15,17,21-22H,5-9H2,1-4H3. The van der Waals surface area contributed by atoms with Crippen LogP contribution in [0.4, 0.5) is 0 Å². The number of halogens is 1. The fourth-order valence-corrected chi connectivity index (χ4v) is 3.18. The number of aliphatic hydroxyl groups is 2. The van der Waals surface area contributed by atoms with Crippen molar-refractivity contribution in [1.29, 1.82) is 0 Å². The molecule has 0 heterocycles. The van der Waals surface area contributed by atoms with Crippen molar-refractivity contribution in [1.82, 2.24) is 0 Å². The highest BCUT2D eigenvalue weighted by molar-refractivity contribution is 6.32. The van der Waals surface area contributed by atoms with Crippen molar-refractivity contribution in [2.45, 2.75) is 65.9 Å². The molecule has 1 rings (SSSR count). The van der Waals surface area contributed by atoms with Gasteiger partial charge in [-0.25, -0.2) is 0 Å². The van der Waals surface area contributed by atoms with E-state index in [1.54, 1.807) is 6.92 Å². The van der Waals surface area contributed by atoms with E-state index in [0.717, 1.165) is 18.8 Å². The third-order valence-corrected chi connectivity index (χ3v) is 5.06. The normalized spacial score (nSPS) is 24.1. The highest BCUT2D eigenvalue weighted by Crippen LogP contribution is 2.37. The smallest absolute Gasteiger partial charge is 0.135 e. The summed E-state index contributed by atoms with van der Waals surface area (Å²) < 4.78 is 0. The van der Waals surface area contributed by atoms with Crippen molar-refractivity contribution >= 4 is 17.9 Å². The molecule has 0 aromatic carbocycles. The van der Waals surface area contributed by atoms with Crippen LogP contribution >= 0.6 is 11.6 Å². The highest BCUT2D eigenvalue weighted by atomic mass is 35.5. The Balaban J connectivity index is 2.65. The summed E-state index contributed by atoms with van der Waals surface area (Å²) in [4.78, 5) is 11.2. The lowest BCUT2D eigenvalue weighted by atomic mass is 9.82. The Morgan fingerprint density at radius 2 is 1.86 bits per heavy atom. The summed E-state index contributed by atoms with van der Waals surface area (Å²) in [7, 11) is 0. The largest absolute Gasteiger partial charge is 0.506 e. The molecule has 0 aromatic heterocycles. The van der Waals surface area contributed by atoms with Crippen molar-refractivity contribution in [3.8, 4) is 0 Å². The SMILES string of the molecule is CC1=C(Cl)C(O)=C(CCC(C)CCCC(C)C)C(O)C1C=O. The number of carbonyl (C=O) groups is 1. The first-order valence-electron chi connectivity index (χ1n) is 8.21. The van der Waals surface area contributed by atoms with Crippen LogP contribution in [0.25, 0.3) is 0 Å². The molecule has 0 bridgehead atoms. The van der Waals surface area contributed by atoms with Crippen LogP contribution in [0.3, 0.4) is 0 Å². The van der Waals surface area contributed by atoms with E-state index in [0.29, 0.717) is 29.8 Å². The van der Waals surface area contributed by atoms with E-state index in [4.69, 9.17) is 11.6 Å². The van der Waals surface area contributed by atoms with Gasteiger partial charge >= 0.3 is 0 Å². The molecule has 3 nitrogen and oxygen atoms in total. The molecular weight excluding hydrogens is 300 g/mol. The molecule has 0 radical (unpaired) electrons. The lowest BCUT2D eigenvalue weighted by Crippen LogP contribution is -2.30. The van der Waals surface area contributed by atoms with Crippen molar-refractivity contribution in [3.63, 3.8) is 0 Å². The minimum Gasteiger partial charge on any atom is -0.506 e. The summed E-state index contributed by atoms with van der Waals surface area (Å²) >= 11 is 6.09. The Labute approximate surface area is 139 Å². The summed E-state index contributed by atoms with van der Waals surface area (Å²) in [5.41, 5.74) is 1.04. The van der Waals surface area contributed by atoms with Crippen molar-refractivity contribution in [2.75, 3.05) is 0 Å². The molecule has 1 aliphatic rings. The van der Waals surface area contributed by atoms with Gasteiger partial charge < -0.3 is 15.0 Å². The molecule has 2 N–H and O–H groups in total. The van der Waals surface area contributed by atoms with Crippen LogP contribution in [-0.2, 0) is 4.79 Å². The zero-order valence-electron chi connectivity index (χ0n) is 14.1. The molecule has 0 aliphatic heterocycles. The zero-order valence-corrected chi connectivity index (χ0v) is 14.9. The Hall–Kier alpha value is -0.800. The molecule has 4 heteroatoms. The van der Waals surface area contributed by atoms with E-state index in [1.165, 1.54) is 12.8 Å². The number of hydrogen-bond acceptors (Lipinski definition) is 3. The first kappa shape index (κ1) is 19.2. The van der Waals surface area contributed by atoms with E-state index < -0.39 is 12.0 Å². The lowest BCUT2D eigenvalue weighted by Gasteiger charge is -2.28. The first-order chi connectivity index (χ1) is 10.3. The number of rotatable bonds is 8. The molecule has 3 atom stereocenters. The predicted molar refractivity (Wildman–Crippen MR) is 90.9 cm³/mol. The minimum absolute atomic E-state index is 0.0425. The zero-order chi connectivity index (χ0) is 16.9.